The maximum Gasteiger partial charge on any atom is 0.274 e. The lowest BCUT2D eigenvalue weighted by molar-refractivity contribution is -0.0680. The molecule has 0 unspecified atom stereocenters. The Morgan fingerprint density at radius 3 is 2.44 bits per heavy atom. The molecule has 0 saturated carbocycles. The van der Waals surface area contributed by atoms with Gasteiger partial charge in [-0.1, -0.05) is 36.3 Å². The summed E-state index contributed by atoms with van der Waals surface area (Å²) in [5.74, 6) is 6.73. The van der Waals surface area contributed by atoms with Crippen LogP contribution in [-0.4, -0.2) is 36.7 Å². The topological polar surface area (TPSA) is 129 Å². The molecule has 36 heavy (non-hydrogen) atoms. The van der Waals surface area contributed by atoms with Crippen LogP contribution in [0.1, 0.15) is 29.4 Å². The highest BCUT2D eigenvalue weighted by Crippen LogP contribution is 2.34. The highest BCUT2D eigenvalue weighted by Gasteiger charge is 2.34. The summed E-state index contributed by atoms with van der Waals surface area (Å²) in [5, 5.41) is 18.6. The van der Waals surface area contributed by atoms with Gasteiger partial charge in [0.05, 0.1) is 17.0 Å². The van der Waals surface area contributed by atoms with E-state index in [0.717, 1.165) is 11.3 Å². The van der Waals surface area contributed by atoms with Gasteiger partial charge in [-0.2, -0.15) is 0 Å². The van der Waals surface area contributed by atoms with E-state index in [0.29, 0.717) is 54.5 Å². The molecule has 0 amide bonds. The molecule has 8 nitrogen and oxygen atoms in total. The highest BCUT2D eigenvalue weighted by atomic mass is 32.2. The molecule has 1 aliphatic heterocycles. The van der Waals surface area contributed by atoms with E-state index in [1.54, 1.807) is 12.1 Å². The third kappa shape index (κ3) is 5.26. The van der Waals surface area contributed by atoms with Crippen LogP contribution in [0.15, 0.2) is 69.3 Å². The lowest BCUT2D eigenvalue weighted by Gasteiger charge is -2.29. The number of thiazole rings is 1. The zero-order valence-corrected chi connectivity index (χ0v) is 20.8. The Labute approximate surface area is 212 Å². The van der Waals surface area contributed by atoms with Crippen molar-refractivity contribution >= 4 is 21.4 Å². The van der Waals surface area contributed by atoms with Crippen LogP contribution in [0.25, 0.3) is 22.6 Å². The molecule has 1 aliphatic rings. The first-order valence-corrected chi connectivity index (χ1v) is 13.7. The van der Waals surface area contributed by atoms with E-state index >= 15 is 0 Å². The Bertz CT molecular complexity index is 1530. The zero-order chi connectivity index (χ0) is 25.2. The van der Waals surface area contributed by atoms with Gasteiger partial charge in [0.15, 0.2) is 5.76 Å². The molecule has 4 aromatic rings. The van der Waals surface area contributed by atoms with Crippen molar-refractivity contribution in [2.75, 3.05) is 13.2 Å². The fourth-order valence-electron chi connectivity index (χ4n) is 3.89. The summed E-state index contributed by atoms with van der Waals surface area (Å²) in [6, 6.07) is 15.6. The van der Waals surface area contributed by atoms with Crippen molar-refractivity contribution in [3.63, 3.8) is 0 Å². The molecule has 3 heterocycles. The van der Waals surface area contributed by atoms with Crippen LogP contribution in [-0.2, 0) is 26.8 Å². The summed E-state index contributed by atoms with van der Waals surface area (Å²) in [6.45, 7) is 1.04. The smallest absolute Gasteiger partial charge is 0.274 e. The Morgan fingerprint density at radius 2 is 1.75 bits per heavy atom. The molecule has 10 heteroatoms. The average Bonchev–Trinajstić information content (AvgIpc) is 3.53. The van der Waals surface area contributed by atoms with Crippen LogP contribution in [0.5, 0.6) is 0 Å². The van der Waals surface area contributed by atoms with Gasteiger partial charge in [-0.15, -0.1) is 11.3 Å². The Kier molecular flexibility index (Phi) is 6.75. The van der Waals surface area contributed by atoms with E-state index in [1.807, 2.05) is 35.7 Å². The summed E-state index contributed by atoms with van der Waals surface area (Å²) in [5.41, 5.74) is 1.93. The number of aromatic nitrogens is 2. The number of sulfonamides is 1. The average molecular weight is 522 g/mol. The second-order valence-corrected chi connectivity index (χ2v) is 10.8. The van der Waals surface area contributed by atoms with Crippen molar-refractivity contribution in [2.45, 2.75) is 29.8 Å². The van der Waals surface area contributed by atoms with Crippen LogP contribution in [0.3, 0.4) is 0 Å². The standard InChI is InChI=1S/C26H23N3O5S2/c27-36(31,32)21-11-9-19(10-12-21)24-23(18-5-2-1-3-6-18)29-22(34-24)8-4-7-20-17-35-25(28-20)26(30)13-15-33-16-14-26/h1-3,5-6,9-12,17,30H,7,13-16H2,(H2,27,31,32). The molecule has 184 valence electrons. The number of nitrogens with zero attached hydrogens (tertiary/aromatic N) is 2. The van der Waals surface area contributed by atoms with Crippen molar-refractivity contribution in [3.05, 3.63) is 76.6 Å². The number of hydrogen-bond donors (Lipinski definition) is 2. The number of primary sulfonamides is 1. The lowest BCUT2D eigenvalue weighted by Crippen LogP contribution is -2.33. The third-order valence-electron chi connectivity index (χ3n) is 5.85. The summed E-state index contributed by atoms with van der Waals surface area (Å²) in [6.07, 6.45) is 1.45. The van der Waals surface area contributed by atoms with Crippen molar-refractivity contribution < 1.29 is 22.7 Å². The molecule has 1 fully saturated rings. The lowest BCUT2D eigenvalue weighted by atomic mass is 9.95. The first kappa shape index (κ1) is 24.4. The minimum atomic E-state index is -3.80. The number of rotatable bonds is 5. The van der Waals surface area contributed by atoms with E-state index in [1.165, 1.54) is 23.5 Å². The van der Waals surface area contributed by atoms with Gasteiger partial charge < -0.3 is 14.3 Å². The molecule has 0 atom stereocenters. The van der Waals surface area contributed by atoms with Gasteiger partial charge in [0, 0.05) is 42.6 Å². The van der Waals surface area contributed by atoms with Crippen LogP contribution in [0, 0.1) is 11.8 Å². The van der Waals surface area contributed by atoms with E-state index < -0.39 is 15.6 Å². The molecule has 2 aromatic heterocycles. The first-order valence-electron chi connectivity index (χ1n) is 11.3. The zero-order valence-electron chi connectivity index (χ0n) is 19.2. The van der Waals surface area contributed by atoms with Crippen molar-refractivity contribution in [2.24, 2.45) is 5.14 Å². The number of ether oxygens (including phenoxy) is 1. The van der Waals surface area contributed by atoms with E-state index in [4.69, 9.17) is 14.3 Å². The van der Waals surface area contributed by atoms with Crippen molar-refractivity contribution in [3.8, 4) is 34.4 Å². The molecule has 3 N–H and O–H groups in total. The van der Waals surface area contributed by atoms with Gasteiger partial charge in [-0.3, -0.25) is 0 Å². The SMILES string of the molecule is NS(=O)(=O)c1ccc(-c2oc(C#CCc3csc(C4(O)CCOCC4)n3)nc2-c2ccccc2)cc1. The fourth-order valence-corrected chi connectivity index (χ4v) is 5.38. The minimum absolute atomic E-state index is 0.0140. The Morgan fingerprint density at radius 1 is 1.03 bits per heavy atom. The van der Waals surface area contributed by atoms with Crippen LogP contribution in [0.4, 0.5) is 0 Å². The monoisotopic (exact) mass is 521 g/mol. The predicted molar refractivity (Wildman–Crippen MR) is 135 cm³/mol. The summed E-state index contributed by atoms with van der Waals surface area (Å²) in [7, 11) is -3.80. The number of nitrogens with two attached hydrogens (primary N) is 1. The van der Waals surface area contributed by atoms with Gasteiger partial charge in [-0.25, -0.2) is 23.5 Å². The van der Waals surface area contributed by atoms with Gasteiger partial charge in [-0.05, 0) is 30.2 Å². The highest BCUT2D eigenvalue weighted by molar-refractivity contribution is 7.89. The molecule has 2 aromatic carbocycles. The maximum absolute atomic E-state index is 11.6. The maximum atomic E-state index is 11.6. The van der Waals surface area contributed by atoms with Crippen LogP contribution >= 0.6 is 11.3 Å². The van der Waals surface area contributed by atoms with Crippen LogP contribution < -0.4 is 5.14 Å². The molecular formula is C26H23N3O5S2. The van der Waals surface area contributed by atoms with E-state index in [9.17, 15) is 13.5 Å². The molecule has 0 aliphatic carbocycles. The van der Waals surface area contributed by atoms with Gasteiger partial charge >= 0.3 is 0 Å². The van der Waals surface area contributed by atoms with Crippen molar-refractivity contribution in [1.29, 1.82) is 0 Å². The number of hydrogen-bond acceptors (Lipinski definition) is 8. The molecule has 0 radical (unpaired) electrons. The third-order valence-corrected chi connectivity index (χ3v) is 7.87. The minimum Gasteiger partial charge on any atom is -0.429 e. The first-order chi connectivity index (χ1) is 17.3. The molecular weight excluding hydrogens is 498 g/mol. The Hall–Kier alpha value is -3.33. The number of aliphatic hydroxyl groups is 1. The number of benzene rings is 2. The van der Waals surface area contributed by atoms with Gasteiger partial charge in [0.2, 0.25) is 10.0 Å². The van der Waals surface area contributed by atoms with Gasteiger partial charge in [0.25, 0.3) is 5.89 Å². The van der Waals surface area contributed by atoms with E-state index in [-0.39, 0.29) is 10.8 Å². The van der Waals surface area contributed by atoms with Crippen LogP contribution in [0.2, 0.25) is 0 Å². The molecule has 0 spiro atoms. The molecule has 5 rings (SSSR count). The largest absolute Gasteiger partial charge is 0.429 e. The summed E-state index contributed by atoms with van der Waals surface area (Å²) < 4.78 is 34.6. The summed E-state index contributed by atoms with van der Waals surface area (Å²) >= 11 is 1.43. The Balaban J connectivity index is 1.41. The second kappa shape index (κ2) is 9.97. The quantitative estimate of drug-likeness (QED) is 0.383. The predicted octanol–water partition coefficient (Wildman–Crippen LogP) is 3.70. The van der Waals surface area contributed by atoms with Gasteiger partial charge in [0.1, 0.15) is 16.3 Å². The fraction of sp³-hybridized carbons (Fsp3) is 0.231. The molecule has 1 saturated heterocycles. The number of oxazole rings is 1. The van der Waals surface area contributed by atoms with E-state index in [2.05, 4.69) is 21.8 Å². The second-order valence-electron chi connectivity index (χ2n) is 8.40. The summed E-state index contributed by atoms with van der Waals surface area (Å²) in [4.78, 5) is 9.19. The van der Waals surface area contributed by atoms with Crippen molar-refractivity contribution in [1.82, 2.24) is 9.97 Å². The molecule has 0 bridgehead atoms. The normalized spacial score (nSPS) is 15.3.